The van der Waals surface area contributed by atoms with Crippen molar-refractivity contribution in [2.45, 2.75) is 0 Å². The second-order valence-corrected chi connectivity index (χ2v) is 13.2. The van der Waals surface area contributed by atoms with Gasteiger partial charge in [0.25, 0.3) is 0 Å². The van der Waals surface area contributed by atoms with Crippen LogP contribution in [0, 0.1) is 5.82 Å². The zero-order valence-corrected chi connectivity index (χ0v) is 26.6. The van der Waals surface area contributed by atoms with Crippen molar-refractivity contribution in [2.24, 2.45) is 7.05 Å². The van der Waals surface area contributed by atoms with Gasteiger partial charge in [0.1, 0.15) is 17.3 Å². The van der Waals surface area contributed by atoms with Crippen LogP contribution >= 0.6 is 23.9 Å². The Morgan fingerprint density at radius 3 is 2.58 bits per heavy atom. The lowest BCUT2D eigenvalue weighted by atomic mass is 10.0. The third-order valence-electron chi connectivity index (χ3n) is 7.07. The molecule has 2 aromatic carbocycles. The van der Waals surface area contributed by atoms with Gasteiger partial charge in [0.05, 0.1) is 47.7 Å². The summed E-state index contributed by atoms with van der Waals surface area (Å²) in [6.07, 6.45) is 8.44. The summed E-state index contributed by atoms with van der Waals surface area (Å²) in [5.74, 6) is 0.533. The number of halogens is 2. The van der Waals surface area contributed by atoms with E-state index in [4.69, 9.17) is 14.5 Å². The number of ether oxygens (including phenoxy) is 2. The normalized spacial score (nSPS) is 13.5. The monoisotopic (exact) mass is 665 g/mol. The predicted molar refractivity (Wildman–Crippen MR) is 172 cm³/mol. The molecule has 0 amide bonds. The van der Waals surface area contributed by atoms with E-state index in [1.54, 1.807) is 42.7 Å². The molecule has 11 nitrogen and oxygen atoms in total. The minimum absolute atomic E-state index is 0.124. The molecule has 5 aromatic rings. The van der Waals surface area contributed by atoms with E-state index in [1.165, 1.54) is 7.11 Å². The van der Waals surface area contributed by atoms with Crippen LogP contribution in [0.25, 0.3) is 22.2 Å². The first kappa shape index (κ1) is 29.2. The van der Waals surface area contributed by atoms with E-state index in [-0.39, 0.29) is 11.6 Å². The van der Waals surface area contributed by atoms with Crippen LogP contribution in [-0.2, 0) is 11.8 Å². The number of benzene rings is 2. The van der Waals surface area contributed by atoms with Crippen molar-refractivity contribution in [3.63, 3.8) is 0 Å². The average molecular weight is 666 g/mol. The SMILES string of the molecule is COc1cc(N2CCOCC2)c(-c2cnn(C)c2)c(F)c1Nc1ncc(Br)c(Nc2ccc3nccnc3c2P(C)C)n1. The summed E-state index contributed by atoms with van der Waals surface area (Å²) in [7, 11) is 2.78. The van der Waals surface area contributed by atoms with E-state index >= 15 is 4.39 Å². The Balaban J connectivity index is 1.40. The summed E-state index contributed by atoms with van der Waals surface area (Å²) in [5, 5.41) is 11.9. The van der Waals surface area contributed by atoms with Crippen molar-refractivity contribution in [3.05, 3.63) is 59.5 Å². The third kappa shape index (κ3) is 5.84. The van der Waals surface area contributed by atoms with Crippen molar-refractivity contribution in [1.29, 1.82) is 0 Å². The van der Waals surface area contributed by atoms with Gasteiger partial charge in [0.15, 0.2) is 5.82 Å². The lowest BCUT2D eigenvalue weighted by molar-refractivity contribution is 0.122. The molecule has 0 radical (unpaired) electrons. The van der Waals surface area contributed by atoms with Gasteiger partial charge >= 0.3 is 0 Å². The Morgan fingerprint density at radius 2 is 1.86 bits per heavy atom. The van der Waals surface area contributed by atoms with Crippen LogP contribution in [-0.4, -0.2) is 76.5 Å². The molecular weight excluding hydrogens is 636 g/mol. The predicted octanol–water partition coefficient (Wildman–Crippen LogP) is 5.42. The number of methoxy groups -OCH3 is 1. The van der Waals surface area contributed by atoms with Crippen LogP contribution in [0.15, 0.2) is 53.7 Å². The maximum Gasteiger partial charge on any atom is 0.229 e. The minimum atomic E-state index is -0.538. The number of anilines is 5. The average Bonchev–Trinajstić information content (AvgIpc) is 3.45. The molecule has 43 heavy (non-hydrogen) atoms. The first-order valence-corrected chi connectivity index (χ1v) is 16.6. The summed E-state index contributed by atoms with van der Waals surface area (Å²) in [5.41, 5.74) is 4.44. The quantitative estimate of drug-likeness (QED) is 0.208. The highest BCUT2D eigenvalue weighted by molar-refractivity contribution is 9.10. The van der Waals surface area contributed by atoms with E-state index in [2.05, 4.69) is 64.8 Å². The molecule has 2 N–H and O–H groups in total. The van der Waals surface area contributed by atoms with E-state index in [0.717, 1.165) is 22.0 Å². The van der Waals surface area contributed by atoms with Gasteiger partial charge < -0.3 is 25.0 Å². The van der Waals surface area contributed by atoms with Crippen molar-refractivity contribution < 1.29 is 13.9 Å². The first-order valence-electron chi connectivity index (χ1n) is 13.5. The summed E-state index contributed by atoms with van der Waals surface area (Å²) in [4.78, 5) is 20.3. The molecule has 3 aromatic heterocycles. The summed E-state index contributed by atoms with van der Waals surface area (Å²) in [6, 6.07) is 5.74. The fraction of sp³-hybridized carbons (Fsp3) is 0.276. The highest BCUT2D eigenvalue weighted by atomic mass is 79.9. The molecule has 0 bridgehead atoms. The molecule has 4 heterocycles. The standard InChI is InChI=1S/C29H30BrFN9O2P/c1-39-16-17(14-35-39)23-21(40-9-11-42-12-10-40)13-22(41-2)26(24(23)31)37-29-34-15-18(30)28(38-29)36-20-6-5-19-25(27(20)43(3)4)33-8-7-32-19/h5-8,13-16H,9-12H2,1-4H3,(H2,34,36,37,38). The number of hydrogen-bond acceptors (Lipinski definition) is 10. The fourth-order valence-corrected chi connectivity index (χ4v) is 6.60. The molecule has 0 atom stereocenters. The van der Waals surface area contributed by atoms with Gasteiger partial charge in [-0.1, -0.05) is 7.92 Å². The molecule has 14 heteroatoms. The first-order chi connectivity index (χ1) is 20.8. The van der Waals surface area contributed by atoms with Crippen LogP contribution in [0.5, 0.6) is 5.75 Å². The summed E-state index contributed by atoms with van der Waals surface area (Å²) in [6.45, 7) is 6.72. The van der Waals surface area contributed by atoms with Gasteiger partial charge in [0, 0.05) is 73.1 Å². The molecule has 1 aliphatic rings. The molecular formula is C29H30BrFN9O2P. The Morgan fingerprint density at radius 1 is 1.07 bits per heavy atom. The smallest absolute Gasteiger partial charge is 0.229 e. The highest BCUT2D eigenvalue weighted by Gasteiger charge is 2.26. The number of aromatic nitrogens is 6. The molecule has 1 aliphatic heterocycles. The van der Waals surface area contributed by atoms with Gasteiger partial charge in [-0.2, -0.15) is 10.1 Å². The van der Waals surface area contributed by atoms with Crippen LogP contribution in [0.3, 0.4) is 0 Å². The van der Waals surface area contributed by atoms with Gasteiger partial charge in [-0.25, -0.2) is 9.37 Å². The van der Waals surface area contributed by atoms with Crippen molar-refractivity contribution in [3.8, 4) is 16.9 Å². The van der Waals surface area contributed by atoms with E-state index < -0.39 is 13.7 Å². The number of hydrogen-bond donors (Lipinski definition) is 2. The topological polar surface area (TPSA) is 115 Å². The molecule has 6 rings (SSSR count). The molecule has 0 spiro atoms. The number of nitrogens with zero attached hydrogens (tertiary/aromatic N) is 7. The maximum atomic E-state index is 16.6. The number of morpholine rings is 1. The van der Waals surface area contributed by atoms with E-state index in [0.29, 0.717) is 59.2 Å². The Bertz CT molecular complexity index is 1800. The van der Waals surface area contributed by atoms with Crippen LogP contribution in [0.1, 0.15) is 0 Å². The number of rotatable bonds is 8. The zero-order valence-electron chi connectivity index (χ0n) is 24.1. The number of nitrogens with one attached hydrogen (secondary N) is 2. The molecule has 1 fully saturated rings. The maximum absolute atomic E-state index is 16.6. The van der Waals surface area contributed by atoms with Crippen LogP contribution in [0.4, 0.5) is 33.2 Å². The van der Waals surface area contributed by atoms with Crippen molar-refractivity contribution in [2.75, 3.05) is 62.3 Å². The fourth-order valence-electron chi connectivity index (χ4n) is 5.10. The van der Waals surface area contributed by atoms with Gasteiger partial charge in [-0.15, -0.1) is 0 Å². The third-order valence-corrected chi connectivity index (χ3v) is 9.00. The Hall–Kier alpha value is -3.93. The molecule has 0 aliphatic carbocycles. The largest absolute Gasteiger partial charge is 0.494 e. The molecule has 1 saturated heterocycles. The van der Waals surface area contributed by atoms with E-state index in [1.807, 2.05) is 18.2 Å². The van der Waals surface area contributed by atoms with Gasteiger partial charge in [0.2, 0.25) is 5.95 Å². The Labute approximate surface area is 257 Å². The van der Waals surface area contributed by atoms with Gasteiger partial charge in [-0.05, 0) is 41.4 Å². The van der Waals surface area contributed by atoms with Gasteiger partial charge in [-0.3, -0.25) is 14.6 Å². The lowest BCUT2D eigenvalue weighted by Gasteiger charge is -2.31. The van der Waals surface area contributed by atoms with Crippen LogP contribution in [0.2, 0.25) is 0 Å². The second kappa shape index (κ2) is 12.4. The van der Waals surface area contributed by atoms with Crippen molar-refractivity contribution in [1.82, 2.24) is 29.7 Å². The summed E-state index contributed by atoms with van der Waals surface area (Å²) >= 11 is 3.56. The number of aryl methyl sites for hydroxylation is 1. The molecule has 222 valence electrons. The lowest BCUT2D eigenvalue weighted by Crippen LogP contribution is -2.36. The minimum Gasteiger partial charge on any atom is -0.494 e. The number of fused-ring (bicyclic) bond motifs is 1. The highest BCUT2D eigenvalue weighted by Crippen LogP contribution is 2.44. The van der Waals surface area contributed by atoms with E-state index in [9.17, 15) is 0 Å². The summed E-state index contributed by atoms with van der Waals surface area (Å²) < 4.78 is 30.1. The molecule has 0 unspecified atom stereocenters. The van der Waals surface area contributed by atoms with Crippen molar-refractivity contribution >= 4 is 69.0 Å². The van der Waals surface area contributed by atoms with Crippen LogP contribution < -0.4 is 25.6 Å². The molecule has 0 saturated carbocycles. The second-order valence-electron chi connectivity index (χ2n) is 10.1. The zero-order chi connectivity index (χ0) is 30.1. The Kier molecular flexibility index (Phi) is 8.38.